The second kappa shape index (κ2) is 26.3. The average Bonchev–Trinajstić information content (AvgIpc) is 4.18. The highest BCUT2D eigenvalue weighted by Gasteiger charge is 2.39. The molecule has 1 unspecified atom stereocenters. The summed E-state index contributed by atoms with van der Waals surface area (Å²) in [6.07, 6.45) is 6.56. The molecule has 3 heterocycles. The molecule has 0 saturated carbocycles. The highest BCUT2D eigenvalue weighted by atomic mass is 16.3. The van der Waals surface area contributed by atoms with Crippen molar-refractivity contribution in [3.63, 3.8) is 0 Å². The number of hydrogen-bond donors (Lipinski definition) is 8. The Bertz CT molecular complexity index is 2450. The number of rotatable bonds is 26. The molecule has 5 aromatic rings. The van der Waals surface area contributed by atoms with Crippen LogP contribution in [0.5, 0.6) is 0 Å². The van der Waals surface area contributed by atoms with E-state index < -0.39 is 84.2 Å². The minimum atomic E-state index is -1.37. The van der Waals surface area contributed by atoms with Crippen molar-refractivity contribution in [2.24, 2.45) is 17.6 Å². The number of imidazole rings is 2. The molecule has 8 atom stereocenters. The van der Waals surface area contributed by atoms with E-state index in [1.807, 2.05) is 119 Å². The molecular formula is C54H70N10O7. The van der Waals surface area contributed by atoms with E-state index in [1.54, 1.807) is 6.20 Å². The van der Waals surface area contributed by atoms with Crippen LogP contribution in [0.2, 0.25) is 0 Å². The van der Waals surface area contributed by atoms with Gasteiger partial charge in [0.1, 0.15) is 18.1 Å². The van der Waals surface area contributed by atoms with Gasteiger partial charge in [-0.2, -0.15) is 0 Å². The first-order chi connectivity index (χ1) is 34.1. The Balaban J connectivity index is 1.17. The number of Topliss-reactive ketones (excluding diaryl/α,β-unsaturated/α-hetero) is 1. The van der Waals surface area contributed by atoms with Crippen molar-refractivity contribution in [3.8, 4) is 0 Å². The molecule has 0 bridgehead atoms. The Morgan fingerprint density at radius 3 is 1.80 bits per heavy atom. The third-order valence-electron chi connectivity index (χ3n) is 12.8. The number of carbonyl (C=O) groups excluding carboxylic acids is 6. The predicted octanol–water partition coefficient (Wildman–Crippen LogP) is 3.86. The zero-order chi connectivity index (χ0) is 50.9. The number of carbonyl (C=O) groups is 6. The van der Waals surface area contributed by atoms with Gasteiger partial charge >= 0.3 is 0 Å². The number of nitrogens with zero attached hydrogens (tertiary/aromatic N) is 3. The van der Waals surface area contributed by atoms with Gasteiger partial charge in [-0.25, -0.2) is 9.97 Å². The number of amides is 5. The lowest BCUT2D eigenvalue weighted by Gasteiger charge is -2.30. The zero-order valence-electron chi connectivity index (χ0n) is 41.1. The van der Waals surface area contributed by atoms with Crippen LogP contribution in [0, 0.1) is 11.8 Å². The van der Waals surface area contributed by atoms with E-state index >= 15 is 0 Å². The lowest BCUT2D eigenvalue weighted by Crippen LogP contribution is -2.59. The predicted molar refractivity (Wildman–Crippen MR) is 269 cm³/mol. The van der Waals surface area contributed by atoms with Gasteiger partial charge in [-0.15, -0.1) is 0 Å². The van der Waals surface area contributed by atoms with Crippen molar-refractivity contribution in [2.75, 3.05) is 6.54 Å². The highest BCUT2D eigenvalue weighted by molar-refractivity contribution is 5.96. The van der Waals surface area contributed by atoms with Crippen LogP contribution in [0.1, 0.15) is 93.8 Å². The number of aromatic amines is 2. The van der Waals surface area contributed by atoms with Crippen LogP contribution in [-0.2, 0) is 54.5 Å². The molecule has 6 rings (SSSR count). The third-order valence-corrected chi connectivity index (χ3v) is 12.8. The average molecular weight is 971 g/mol. The monoisotopic (exact) mass is 971 g/mol. The number of aliphatic hydroxyl groups excluding tert-OH is 1. The molecule has 3 aromatic carbocycles. The standard InChI is InChI=1S/C54H70N10O7/c1-34(2)23-43(48(65)29-49(66)60-44(24-35(3)4)50(67)41(38-19-12-7-13-20-38)25-36-15-8-5-9-16-36)61-52(69)46(28-40-31-57-33-59-40)62-51(68)45(26-37-17-10-6-11-18-37)63-53(70)47-21-14-22-64(47)54(71)42(55)27-39-30-56-32-58-39/h5-13,15-20,30-35,41-48,65H,14,21-29,55H2,1-4H3,(H,56,58)(H,57,59)(H,60,66)(H,61,69)(H,62,68)(H,63,70)/t41?,42-,43-,44-,45-,46-,47-,48-/m0/s1. The van der Waals surface area contributed by atoms with Crippen LogP contribution < -0.4 is 27.0 Å². The van der Waals surface area contributed by atoms with Gasteiger partial charge in [-0.3, -0.25) is 28.8 Å². The van der Waals surface area contributed by atoms with Gasteiger partial charge in [0.15, 0.2) is 5.78 Å². The Hall–Kier alpha value is -6.98. The van der Waals surface area contributed by atoms with Crippen molar-refractivity contribution >= 4 is 35.3 Å². The molecule has 71 heavy (non-hydrogen) atoms. The molecule has 1 aliphatic heterocycles. The maximum atomic E-state index is 14.5. The molecular weight excluding hydrogens is 901 g/mol. The van der Waals surface area contributed by atoms with Crippen LogP contribution in [0.15, 0.2) is 116 Å². The number of hydrogen-bond acceptors (Lipinski definition) is 10. The summed E-state index contributed by atoms with van der Waals surface area (Å²) >= 11 is 0. The summed E-state index contributed by atoms with van der Waals surface area (Å²) in [5.41, 5.74) is 10.1. The van der Waals surface area contributed by atoms with E-state index in [9.17, 15) is 33.9 Å². The Kier molecular flexibility index (Phi) is 19.8. The summed E-state index contributed by atoms with van der Waals surface area (Å²) in [6.45, 7) is 8.13. The molecule has 17 nitrogen and oxygen atoms in total. The number of nitrogens with one attached hydrogen (secondary N) is 6. The maximum absolute atomic E-state index is 14.5. The van der Waals surface area contributed by atoms with E-state index in [-0.39, 0.29) is 43.3 Å². The topological polar surface area (TPSA) is 257 Å². The van der Waals surface area contributed by atoms with Crippen LogP contribution >= 0.6 is 0 Å². The number of benzene rings is 3. The van der Waals surface area contributed by atoms with Crippen molar-refractivity contribution in [2.45, 2.75) is 134 Å². The van der Waals surface area contributed by atoms with E-state index in [1.165, 1.54) is 23.8 Å². The molecule has 17 heteroatoms. The quantitative estimate of drug-likeness (QED) is 0.0397. The lowest BCUT2D eigenvalue weighted by atomic mass is 9.83. The van der Waals surface area contributed by atoms with Crippen molar-refractivity contribution < 1.29 is 33.9 Å². The smallest absolute Gasteiger partial charge is 0.243 e. The van der Waals surface area contributed by atoms with Gasteiger partial charge < -0.3 is 47.0 Å². The van der Waals surface area contributed by atoms with Gasteiger partial charge in [-0.1, -0.05) is 119 Å². The molecule has 378 valence electrons. The van der Waals surface area contributed by atoms with Gasteiger partial charge in [0, 0.05) is 55.5 Å². The van der Waals surface area contributed by atoms with Gasteiger partial charge in [0.2, 0.25) is 29.5 Å². The Morgan fingerprint density at radius 1 is 0.676 bits per heavy atom. The molecule has 9 N–H and O–H groups in total. The molecule has 1 fully saturated rings. The summed E-state index contributed by atoms with van der Waals surface area (Å²) < 4.78 is 0. The number of ketones is 1. The summed E-state index contributed by atoms with van der Waals surface area (Å²) in [7, 11) is 0. The number of likely N-dealkylation sites (tertiary alicyclic amines) is 1. The first-order valence-electron chi connectivity index (χ1n) is 24.7. The largest absolute Gasteiger partial charge is 0.390 e. The number of aliphatic hydroxyl groups is 1. The maximum Gasteiger partial charge on any atom is 0.243 e. The first kappa shape index (κ1) is 53.4. The molecule has 0 radical (unpaired) electrons. The van der Waals surface area contributed by atoms with E-state index in [4.69, 9.17) is 5.73 Å². The fourth-order valence-electron chi connectivity index (χ4n) is 9.23. The van der Waals surface area contributed by atoms with E-state index in [2.05, 4.69) is 41.2 Å². The lowest BCUT2D eigenvalue weighted by molar-refractivity contribution is -0.140. The minimum absolute atomic E-state index is 0.0295. The molecule has 0 spiro atoms. The second-order valence-electron chi connectivity index (χ2n) is 19.5. The number of aromatic nitrogens is 4. The zero-order valence-corrected chi connectivity index (χ0v) is 41.1. The second-order valence-corrected chi connectivity index (χ2v) is 19.5. The van der Waals surface area contributed by atoms with Crippen molar-refractivity contribution in [1.82, 2.24) is 46.1 Å². The highest BCUT2D eigenvalue weighted by Crippen LogP contribution is 2.26. The molecule has 1 saturated heterocycles. The van der Waals surface area contributed by atoms with Gasteiger partial charge in [0.25, 0.3) is 0 Å². The summed E-state index contributed by atoms with van der Waals surface area (Å²) in [4.78, 5) is 101. The van der Waals surface area contributed by atoms with Crippen molar-refractivity contribution in [3.05, 3.63) is 144 Å². The van der Waals surface area contributed by atoms with Crippen LogP contribution in [0.3, 0.4) is 0 Å². The van der Waals surface area contributed by atoms with Crippen molar-refractivity contribution in [1.29, 1.82) is 0 Å². The number of nitrogens with two attached hydrogens (primary N) is 1. The number of H-pyrrole nitrogens is 2. The fourth-order valence-corrected chi connectivity index (χ4v) is 9.23. The van der Waals surface area contributed by atoms with E-state index in [0.717, 1.165) is 16.7 Å². The van der Waals surface area contributed by atoms with Gasteiger partial charge in [-0.05, 0) is 60.6 Å². The normalized spacial score (nSPS) is 16.6. The molecule has 5 amide bonds. The third kappa shape index (κ3) is 16.0. The molecule has 0 aliphatic carbocycles. The summed E-state index contributed by atoms with van der Waals surface area (Å²) in [5.74, 6) is -3.42. The Labute approximate surface area is 416 Å². The van der Waals surface area contributed by atoms with Crippen LogP contribution in [-0.4, -0.2) is 114 Å². The fraction of sp³-hybridized carbons (Fsp3) is 0.444. The van der Waals surface area contributed by atoms with Crippen LogP contribution in [0.4, 0.5) is 0 Å². The van der Waals surface area contributed by atoms with Gasteiger partial charge in [0.05, 0.1) is 43.3 Å². The van der Waals surface area contributed by atoms with E-state index in [0.29, 0.717) is 43.6 Å². The van der Waals surface area contributed by atoms with Crippen LogP contribution in [0.25, 0.3) is 0 Å². The summed E-state index contributed by atoms with van der Waals surface area (Å²) in [6, 6.07) is 22.4. The summed E-state index contributed by atoms with van der Waals surface area (Å²) in [5, 5.41) is 23.4. The Morgan fingerprint density at radius 2 is 1.23 bits per heavy atom. The minimum Gasteiger partial charge on any atom is -0.390 e. The first-order valence-corrected chi connectivity index (χ1v) is 24.7. The SMILES string of the molecule is CC(C)C[C@H](NC(=O)C[C@H](O)[C@H](CC(C)C)NC(=O)[C@H](Cc1cnc[nH]1)NC(=O)[C@H](Cc1ccccc1)NC(=O)[C@@H]1CCCN1C(=O)[C@@H](N)Cc1cnc[nH]1)C(=O)C(Cc1ccccc1)c1ccccc1. The molecule has 1 aliphatic rings. The molecule has 2 aromatic heterocycles.